The van der Waals surface area contributed by atoms with Gasteiger partial charge in [0.25, 0.3) is 5.91 Å². The first-order valence-corrected chi connectivity index (χ1v) is 6.21. The van der Waals surface area contributed by atoms with Crippen LogP contribution in [-0.4, -0.2) is 17.1 Å². The minimum Gasteiger partial charge on any atom is -0.376 e. The molecule has 0 radical (unpaired) electrons. The fourth-order valence-corrected chi connectivity index (χ4v) is 1.89. The summed E-state index contributed by atoms with van der Waals surface area (Å²) < 4.78 is 0. The predicted octanol–water partition coefficient (Wildman–Crippen LogP) is 2.04. The molecule has 100 valence electrons. The van der Waals surface area contributed by atoms with Gasteiger partial charge in [-0.3, -0.25) is 4.79 Å². The fourth-order valence-electron chi connectivity index (χ4n) is 1.89. The number of aliphatic hydroxyl groups excluding tert-OH is 1. The van der Waals surface area contributed by atoms with E-state index in [0.717, 1.165) is 0 Å². The molecule has 0 aliphatic rings. The summed E-state index contributed by atoms with van der Waals surface area (Å²) in [5.74, 6) is -0.325. The van der Waals surface area contributed by atoms with E-state index in [1.807, 2.05) is 12.1 Å². The molecule has 20 heavy (non-hydrogen) atoms. The first-order chi connectivity index (χ1) is 9.72. The van der Waals surface area contributed by atoms with Crippen molar-refractivity contribution in [1.29, 1.82) is 5.26 Å². The Morgan fingerprint density at radius 3 is 2.15 bits per heavy atom. The van der Waals surface area contributed by atoms with Gasteiger partial charge in [0.1, 0.15) is 0 Å². The fraction of sp³-hybridized carbons (Fsp3) is 0.125. The molecule has 1 amide bonds. The average Bonchev–Trinajstić information content (AvgIpc) is 2.53. The molecule has 0 aliphatic heterocycles. The van der Waals surface area contributed by atoms with E-state index in [0.29, 0.717) is 11.1 Å². The van der Waals surface area contributed by atoms with Gasteiger partial charge in [0.2, 0.25) is 0 Å². The first kappa shape index (κ1) is 13.8. The van der Waals surface area contributed by atoms with Crippen molar-refractivity contribution in [2.24, 2.45) is 0 Å². The number of carbonyl (C=O) groups is 1. The highest BCUT2D eigenvalue weighted by molar-refractivity contribution is 5.94. The largest absolute Gasteiger partial charge is 0.376 e. The molecule has 0 aliphatic carbocycles. The summed E-state index contributed by atoms with van der Waals surface area (Å²) in [4.78, 5) is 12.1. The molecule has 4 heteroatoms. The molecular weight excluding hydrogens is 252 g/mol. The van der Waals surface area contributed by atoms with Crippen LogP contribution in [0.2, 0.25) is 0 Å². The Bertz CT molecular complexity index is 605. The third kappa shape index (κ3) is 3.22. The third-order valence-electron chi connectivity index (χ3n) is 2.93. The number of carbonyl (C=O) groups excluding carboxylic acids is 1. The van der Waals surface area contributed by atoms with Crippen LogP contribution in [0.3, 0.4) is 0 Å². The molecule has 2 rings (SSSR count). The number of rotatable bonds is 4. The van der Waals surface area contributed by atoms with Gasteiger partial charge in [-0.15, -0.1) is 0 Å². The number of aliphatic hydroxyl groups is 1. The molecule has 2 N–H and O–H groups in total. The molecule has 1 unspecified atom stereocenters. The molecule has 2 aromatic rings. The van der Waals surface area contributed by atoms with Gasteiger partial charge in [-0.1, -0.05) is 48.5 Å². The lowest BCUT2D eigenvalue weighted by Gasteiger charge is -2.20. The maximum absolute atomic E-state index is 12.1. The SMILES string of the molecule is N#CC(O)[C@@H](NC(=O)c1ccccc1)c1ccccc1. The van der Waals surface area contributed by atoms with Crippen LogP contribution in [0.15, 0.2) is 60.7 Å². The minimum absolute atomic E-state index is 0.325. The summed E-state index contributed by atoms with van der Waals surface area (Å²) in [5.41, 5.74) is 1.17. The Morgan fingerprint density at radius 2 is 1.60 bits per heavy atom. The predicted molar refractivity (Wildman–Crippen MR) is 74.7 cm³/mol. The summed E-state index contributed by atoms with van der Waals surface area (Å²) in [5, 5.41) is 21.4. The number of hydrogen-bond donors (Lipinski definition) is 2. The van der Waals surface area contributed by atoms with Gasteiger partial charge in [0, 0.05) is 5.56 Å². The van der Waals surface area contributed by atoms with Crippen LogP contribution >= 0.6 is 0 Å². The smallest absolute Gasteiger partial charge is 0.251 e. The van der Waals surface area contributed by atoms with Gasteiger partial charge in [0.05, 0.1) is 12.1 Å². The summed E-state index contributed by atoms with van der Waals surface area (Å²) in [7, 11) is 0. The van der Waals surface area contributed by atoms with E-state index in [1.165, 1.54) is 0 Å². The van der Waals surface area contributed by atoms with Crippen LogP contribution in [-0.2, 0) is 0 Å². The summed E-state index contributed by atoms with van der Waals surface area (Å²) >= 11 is 0. The van der Waals surface area contributed by atoms with Crippen LogP contribution in [0.4, 0.5) is 0 Å². The molecule has 0 saturated heterocycles. The van der Waals surface area contributed by atoms with Crippen molar-refractivity contribution in [2.45, 2.75) is 12.1 Å². The second kappa shape index (κ2) is 6.50. The molecule has 2 aromatic carbocycles. The van der Waals surface area contributed by atoms with E-state index >= 15 is 0 Å². The summed E-state index contributed by atoms with van der Waals surface area (Å²) in [6.45, 7) is 0. The molecule has 0 bridgehead atoms. The van der Waals surface area contributed by atoms with Crippen LogP contribution in [0.1, 0.15) is 22.0 Å². The molecular formula is C16H14N2O2. The van der Waals surface area contributed by atoms with Crippen molar-refractivity contribution < 1.29 is 9.90 Å². The van der Waals surface area contributed by atoms with Gasteiger partial charge in [-0.2, -0.15) is 5.26 Å². The van der Waals surface area contributed by atoms with Crippen molar-refractivity contribution in [3.63, 3.8) is 0 Å². The second-order valence-electron chi connectivity index (χ2n) is 4.30. The highest BCUT2D eigenvalue weighted by atomic mass is 16.3. The highest BCUT2D eigenvalue weighted by Gasteiger charge is 2.23. The van der Waals surface area contributed by atoms with Gasteiger partial charge >= 0.3 is 0 Å². The standard InChI is InChI=1S/C16H14N2O2/c17-11-14(19)15(12-7-3-1-4-8-12)18-16(20)13-9-5-2-6-10-13/h1-10,14-15,19H,(H,18,20)/t14?,15-/m0/s1. The van der Waals surface area contributed by atoms with E-state index in [2.05, 4.69) is 5.32 Å². The van der Waals surface area contributed by atoms with E-state index in [1.54, 1.807) is 54.6 Å². The van der Waals surface area contributed by atoms with Crippen LogP contribution < -0.4 is 5.32 Å². The molecule has 0 aromatic heterocycles. The molecule has 0 spiro atoms. The monoisotopic (exact) mass is 266 g/mol. The first-order valence-electron chi connectivity index (χ1n) is 6.21. The molecule has 0 fully saturated rings. The maximum Gasteiger partial charge on any atom is 0.251 e. The maximum atomic E-state index is 12.1. The lowest BCUT2D eigenvalue weighted by molar-refractivity contribution is 0.0888. The van der Waals surface area contributed by atoms with Gasteiger partial charge in [-0.25, -0.2) is 0 Å². The second-order valence-corrected chi connectivity index (χ2v) is 4.30. The van der Waals surface area contributed by atoms with Gasteiger partial charge in [0.15, 0.2) is 6.10 Å². The molecule has 2 atom stereocenters. The topological polar surface area (TPSA) is 73.1 Å². The number of nitrogens with one attached hydrogen (secondary N) is 1. The van der Waals surface area contributed by atoms with Crippen molar-refractivity contribution in [3.8, 4) is 6.07 Å². The molecule has 0 heterocycles. The van der Waals surface area contributed by atoms with Crippen molar-refractivity contribution in [3.05, 3.63) is 71.8 Å². The Morgan fingerprint density at radius 1 is 1.05 bits per heavy atom. The molecule has 4 nitrogen and oxygen atoms in total. The molecule has 0 saturated carbocycles. The number of benzene rings is 2. The lowest BCUT2D eigenvalue weighted by Crippen LogP contribution is -2.35. The third-order valence-corrected chi connectivity index (χ3v) is 2.93. The van der Waals surface area contributed by atoms with Crippen LogP contribution in [0.5, 0.6) is 0 Å². The van der Waals surface area contributed by atoms with Crippen LogP contribution in [0.25, 0.3) is 0 Å². The Hall–Kier alpha value is -2.64. The van der Waals surface area contributed by atoms with E-state index in [-0.39, 0.29) is 5.91 Å². The Labute approximate surface area is 117 Å². The van der Waals surface area contributed by atoms with Crippen molar-refractivity contribution in [2.75, 3.05) is 0 Å². The van der Waals surface area contributed by atoms with E-state index < -0.39 is 12.1 Å². The van der Waals surface area contributed by atoms with Gasteiger partial charge < -0.3 is 10.4 Å². The van der Waals surface area contributed by atoms with Crippen molar-refractivity contribution in [1.82, 2.24) is 5.32 Å². The quantitative estimate of drug-likeness (QED) is 0.832. The number of hydrogen-bond acceptors (Lipinski definition) is 3. The van der Waals surface area contributed by atoms with E-state index in [9.17, 15) is 9.90 Å². The zero-order chi connectivity index (χ0) is 14.4. The number of nitriles is 1. The Balaban J connectivity index is 2.22. The average molecular weight is 266 g/mol. The normalized spacial score (nSPS) is 13.0. The van der Waals surface area contributed by atoms with E-state index in [4.69, 9.17) is 5.26 Å². The zero-order valence-electron chi connectivity index (χ0n) is 10.7. The highest BCUT2D eigenvalue weighted by Crippen LogP contribution is 2.17. The van der Waals surface area contributed by atoms with Crippen LogP contribution in [0, 0.1) is 11.3 Å². The summed E-state index contributed by atoms with van der Waals surface area (Å²) in [6, 6.07) is 18.6. The Kier molecular flexibility index (Phi) is 4.48. The van der Waals surface area contributed by atoms with Crippen molar-refractivity contribution >= 4 is 5.91 Å². The number of nitrogens with zero attached hydrogens (tertiary/aromatic N) is 1. The number of amides is 1. The van der Waals surface area contributed by atoms with Gasteiger partial charge in [-0.05, 0) is 17.7 Å². The summed E-state index contributed by atoms with van der Waals surface area (Å²) in [6.07, 6.45) is -1.30. The minimum atomic E-state index is -1.30. The zero-order valence-corrected chi connectivity index (χ0v) is 10.7. The lowest BCUT2D eigenvalue weighted by atomic mass is 10.0.